The molecular weight excluding hydrogens is 200 g/mol. The zero-order chi connectivity index (χ0) is 6.69. The van der Waals surface area contributed by atoms with Crippen molar-refractivity contribution in [2.45, 2.75) is 0 Å². The van der Waals surface area contributed by atoms with Crippen LogP contribution >= 0.6 is 8.03 Å². The molecule has 0 fully saturated rings. The van der Waals surface area contributed by atoms with Crippen LogP contribution in [-0.2, 0) is 24.0 Å². The molecule has 1 aromatic carbocycles. The minimum absolute atomic E-state index is 0. The van der Waals surface area contributed by atoms with Gasteiger partial charge in [0.05, 0.1) is 0 Å². The van der Waals surface area contributed by atoms with Crippen LogP contribution in [0.2, 0.25) is 0 Å². The molecule has 2 nitrogen and oxygen atoms in total. The first-order chi connectivity index (χ1) is 4.30. The normalized spacial score (nSPS) is 9.90. The van der Waals surface area contributed by atoms with Crippen LogP contribution < -0.4 is 5.30 Å². The Kier molecular flexibility index (Phi) is 4.63. The zero-order valence-corrected chi connectivity index (χ0v) is 9.26. The Balaban J connectivity index is 0.000000810. The molecule has 0 aromatic heterocycles. The van der Waals surface area contributed by atoms with Gasteiger partial charge in [0.1, 0.15) is 0 Å². The summed E-state index contributed by atoms with van der Waals surface area (Å²) in [6, 6.07) is 8.53. The molecule has 0 amide bonds. The van der Waals surface area contributed by atoms with Gasteiger partial charge in [0, 0.05) is 19.5 Å². The smallest absolute Gasteiger partial charge is 0.156 e. The first-order valence-corrected chi connectivity index (χ1v) is 3.73. The molecule has 48 valence electrons. The van der Waals surface area contributed by atoms with Crippen LogP contribution in [-0.4, -0.2) is 4.89 Å². The third-order valence-electron chi connectivity index (χ3n) is 0.977. The summed E-state index contributed by atoms with van der Waals surface area (Å²) in [6.45, 7) is 0. The molecule has 0 bridgehead atoms. The van der Waals surface area contributed by atoms with E-state index in [-0.39, 0.29) is 19.5 Å². The van der Waals surface area contributed by atoms with E-state index in [0.717, 1.165) is 0 Å². The van der Waals surface area contributed by atoms with Crippen molar-refractivity contribution < 1.29 is 28.9 Å². The Labute approximate surface area is 72.9 Å². The number of benzene rings is 1. The van der Waals surface area contributed by atoms with Gasteiger partial charge in [-0.3, -0.25) is 0 Å². The summed E-state index contributed by atoms with van der Waals surface area (Å²) in [6.07, 6.45) is 0. The zero-order valence-electron chi connectivity index (χ0n) is 5.40. The maximum atomic E-state index is 10.3. The summed E-state index contributed by atoms with van der Waals surface area (Å²) in [5.41, 5.74) is 0. The second-order valence-corrected chi connectivity index (χ2v) is 2.67. The van der Waals surface area contributed by atoms with Crippen molar-refractivity contribution in [2.24, 2.45) is 0 Å². The van der Waals surface area contributed by atoms with Gasteiger partial charge >= 0.3 is 8.03 Å². The first-order valence-electron chi connectivity index (χ1n) is 2.52. The predicted octanol–water partition coefficient (Wildman–Crippen LogP) is 1.04. The van der Waals surface area contributed by atoms with Crippen molar-refractivity contribution >= 4 is 13.3 Å². The average molecular weight is 206 g/mol. The van der Waals surface area contributed by atoms with Crippen molar-refractivity contribution in [1.29, 1.82) is 0 Å². The van der Waals surface area contributed by atoms with Crippen LogP contribution in [0.4, 0.5) is 0 Å². The van der Waals surface area contributed by atoms with Crippen molar-refractivity contribution in [2.75, 3.05) is 0 Å². The fourth-order valence-corrected chi connectivity index (χ4v) is 0.983. The molecule has 0 heterocycles. The van der Waals surface area contributed by atoms with E-state index in [2.05, 4.69) is 0 Å². The van der Waals surface area contributed by atoms with E-state index < -0.39 is 8.03 Å². The molecule has 1 unspecified atom stereocenters. The van der Waals surface area contributed by atoms with Crippen molar-refractivity contribution in [1.82, 2.24) is 0 Å². The largest absolute Gasteiger partial charge is 0.546 e. The minimum atomic E-state index is -2.15. The van der Waals surface area contributed by atoms with Crippen molar-refractivity contribution in [3.63, 3.8) is 0 Å². The molecule has 0 spiro atoms. The first kappa shape index (κ1) is 9.90. The van der Waals surface area contributed by atoms with Crippen molar-refractivity contribution in [3.05, 3.63) is 30.3 Å². The van der Waals surface area contributed by atoms with Crippen LogP contribution in [0.1, 0.15) is 0 Å². The van der Waals surface area contributed by atoms with Crippen LogP contribution in [0, 0.1) is 0 Å². The fraction of sp³-hybridized carbons (Fsp3) is 0. The van der Waals surface area contributed by atoms with Crippen LogP contribution in [0.15, 0.2) is 30.3 Å². The summed E-state index contributed by atoms with van der Waals surface area (Å²) >= 11 is 0. The monoisotopic (exact) mass is 205 g/mol. The third-order valence-corrected chi connectivity index (χ3v) is 1.72. The van der Waals surface area contributed by atoms with Crippen LogP contribution in [0.3, 0.4) is 0 Å². The minimum Gasteiger partial charge on any atom is -0.156 e. The summed E-state index contributed by atoms with van der Waals surface area (Å²) in [7, 11) is -2.15. The Hall–Kier alpha value is -0.0966. The van der Waals surface area contributed by atoms with Gasteiger partial charge < -0.3 is 0 Å². The fourth-order valence-electron chi connectivity index (χ4n) is 0.556. The molecule has 10 heavy (non-hydrogen) atoms. The second-order valence-electron chi connectivity index (χ2n) is 1.61. The molecule has 1 N–H and O–H groups in total. The molecule has 1 atom stereocenters. The van der Waals surface area contributed by atoms with Crippen LogP contribution in [0.25, 0.3) is 0 Å². The maximum absolute atomic E-state index is 10.3. The Morgan fingerprint density at radius 1 is 1.20 bits per heavy atom. The summed E-state index contributed by atoms with van der Waals surface area (Å²) in [5, 5.41) is 0.479. The van der Waals surface area contributed by atoms with Crippen LogP contribution in [0.5, 0.6) is 0 Å². The molecule has 4 heteroatoms. The molecular formula is C6H6O2PZn+. The molecule has 0 radical (unpaired) electrons. The van der Waals surface area contributed by atoms with Gasteiger partial charge in [-0.15, -0.1) is 0 Å². The van der Waals surface area contributed by atoms with E-state index in [1.54, 1.807) is 24.3 Å². The van der Waals surface area contributed by atoms with E-state index in [4.69, 9.17) is 4.89 Å². The molecule has 1 rings (SSSR count). The third kappa shape index (κ3) is 2.66. The molecule has 0 saturated carbocycles. The van der Waals surface area contributed by atoms with E-state index in [1.807, 2.05) is 6.07 Å². The van der Waals surface area contributed by atoms with E-state index in [9.17, 15) is 4.57 Å². The SMILES string of the molecule is O=[P+](O)c1ccccc1.[Zn]. The molecule has 0 aliphatic heterocycles. The number of hydrogen-bond donors (Lipinski definition) is 1. The van der Waals surface area contributed by atoms with Gasteiger partial charge in [-0.1, -0.05) is 18.2 Å². The van der Waals surface area contributed by atoms with Crippen molar-refractivity contribution in [3.8, 4) is 0 Å². The van der Waals surface area contributed by atoms with Gasteiger partial charge in [-0.05, 0) is 16.7 Å². The average Bonchev–Trinajstić information content (AvgIpc) is 1.90. The summed E-state index contributed by atoms with van der Waals surface area (Å²) in [5.74, 6) is 0. The van der Waals surface area contributed by atoms with E-state index in [1.165, 1.54) is 0 Å². The molecule has 1 aromatic rings. The topological polar surface area (TPSA) is 37.3 Å². The summed E-state index contributed by atoms with van der Waals surface area (Å²) in [4.78, 5) is 8.53. The summed E-state index contributed by atoms with van der Waals surface area (Å²) < 4.78 is 10.3. The number of hydrogen-bond acceptors (Lipinski definition) is 1. The van der Waals surface area contributed by atoms with Gasteiger partial charge in [0.15, 0.2) is 0 Å². The van der Waals surface area contributed by atoms with Gasteiger partial charge in [0.25, 0.3) is 0 Å². The maximum Gasteiger partial charge on any atom is 0.546 e. The second kappa shape index (κ2) is 4.68. The van der Waals surface area contributed by atoms with E-state index >= 15 is 0 Å². The van der Waals surface area contributed by atoms with Gasteiger partial charge in [0.2, 0.25) is 5.30 Å². The molecule has 0 aliphatic carbocycles. The Bertz CT molecular complexity index is 212. The quantitative estimate of drug-likeness (QED) is 0.551. The molecule has 0 saturated heterocycles. The Morgan fingerprint density at radius 2 is 1.70 bits per heavy atom. The predicted molar refractivity (Wildman–Crippen MR) is 35.9 cm³/mol. The molecule has 0 aliphatic rings. The van der Waals surface area contributed by atoms with Gasteiger partial charge in [-0.25, -0.2) is 0 Å². The van der Waals surface area contributed by atoms with E-state index in [0.29, 0.717) is 5.30 Å². The van der Waals surface area contributed by atoms with Gasteiger partial charge in [-0.2, -0.15) is 4.89 Å². The number of rotatable bonds is 1. The standard InChI is InChI=1S/C6H5O2P.Zn/c7-9(8)6-4-2-1-3-5-6;/h1-5H;/p+1. The Morgan fingerprint density at radius 3 is 2.00 bits per heavy atom.